The first-order valence-electron chi connectivity index (χ1n) is 6.55. The molecule has 0 atom stereocenters. The fourth-order valence-corrected chi connectivity index (χ4v) is 3.02. The highest BCUT2D eigenvalue weighted by Gasteiger charge is 2.39. The molecule has 0 heterocycles. The van der Waals surface area contributed by atoms with E-state index in [2.05, 4.69) is 15.9 Å². The molecule has 0 amide bonds. The van der Waals surface area contributed by atoms with Gasteiger partial charge in [-0.05, 0) is 47.3 Å². The second kappa shape index (κ2) is 6.14. The molecule has 0 N–H and O–H groups in total. The molecule has 1 aliphatic rings. The van der Waals surface area contributed by atoms with Crippen molar-refractivity contribution in [2.75, 3.05) is 21.3 Å². The van der Waals surface area contributed by atoms with Crippen LogP contribution in [0.15, 0.2) is 16.6 Å². The molecule has 1 aromatic rings. The van der Waals surface area contributed by atoms with Gasteiger partial charge >= 0.3 is 0 Å². The molecular weight excluding hydrogens is 324 g/mol. The monoisotopic (exact) mass is 342 g/mol. The Morgan fingerprint density at radius 3 is 2.25 bits per heavy atom. The highest BCUT2D eigenvalue weighted by Crippen LogP contribution is 2.40. The number of hydrogen-bond acceptors (Lipinski definition) is 4. The summed E-state index contributed by atoms with van der Waals surface area (Å²) < 4.78 is 16.7. The first-order chi connectivity index (χ1) is 9.55. The van der Waals surface area contributed by atoms with E-state index in [-0.39, 0.29) is 11.4 Å². The first kappa shape index (κ1) is 15.3. The summed E-state index contributed by atoms with van der Waals surface area (Å²) in [7, 11) is 4.80. The lowest BCUT2D eigenvalue weighted by Crippen LogP contribution is -2.41. The smallest absolute Gasteiger partial charge is 0.167 e. The van der Waals surface area contributed by atoms with Crippen LogP contribution in [0, 0.1) is 0 Å². The Bertz CT molecular complexity index is 503. The third-order valence-electron chi connectivity index (χ3n) is 3.95. The summed E-state index contributed by atoms with van der Waals surface area (Å²) in [4.78, 5) is 12.5. The van der Waals surface area contributed by atoms with Crippen LogP contribution in [0.25, 0.3) is 0 Å². The molecule has 4 nitrogen and oxygen atoms in total. The number of ketones is 1. The quantitative estimate of drug-likeness (QED) is 0.741. The largest absolute Gasteiger partial charge is 0.493 e. The maximum absolute atomic E-state index is 12.5. The van der Waals surface area contributed by atoms with Gasteiger partial charge < -0.3 is 14.2 Å². The fraction of sp³-hybridized carbons (Fsp3) is 0.533. The molecular formula is C15H19BrO4. The minimum absolute atomic E-state index is 0.0550. The summed E-state index contributed by atoms with van der Waals surface area (Å²) in [5.41, 5.74) is 0.329. The Kier molecular flexibility index (Phi) is 4.70. The summed E-state index contributed by atoms with van der Waals surface area (Å²) >= 11 is 3.42. The number of carbonyl (C=O) groups excluding carboxylic acids is 1. The third-order valence-corrected chi connectivity index (χ3v) is 4.61. The Morgan fingerprint density at radius 1 is 1.20 bits per heavy atom. The summed E-state index contributed by atoms with van der Waals surface area (Å²) in [6, 6.07) is 3.47. The Labute approximate surface area is 127 Å². The van der Waals surface area contributed by atoms with Crippen molar-refractivity contribution in [1.82, 2.24) is 0 Å². The van der Waals surface area contributed by atoms with Crippen LogP contribution in [-0.4, -0.2) is 32.7 Å². The van der Waals surface area contributed by atoms with E-state index >= 15 is 0 Å². The van der Waals surface area contributed by atoms with E-state index in [9.17, 15) is 4.79 Å². The molecule has 0 radical (unpaired) electrons. The van der Waals surface area contributed by atoms with Gasteiger partial charge in [0, 0.05) is 23.6 Å². The van der Waals surface area contributed by atoms with E-state index in [1.807, 2.05) is 0 Å². The van der Waals surface area contributed by atoms with Gasteiger partial charge in [-0.1, -0.05) is 0 Å². The zero-order chi connectivity index (χ0) is 14.8. The molecule has 0 bridgehead atoms. The highest BCUT2D eigenvalue weighted by atomic mass is 79.9. The lowest BCUT2D eigenvalue weighted by Gasteiger charge is -2.40. The number of halogens is 1. The minimum Gasteiger partial charge on any atom is -0.493 e. The normalized spacial score (nSPS) is 16.4. The van der Waals surface area contributed by atoms with Crippen molar-refractivity contribution in [2.24, 2.45) is 0 Å². The van der Waals surface area contributed by atoms with Crippen LogP contribution in [0.2, 0.25) is 0 Å². The van der Waals surface area contributed by atoms with Gasteiger partial charge in [-0.2, -0.15) is 0 Å². The Morgan fingerprint density at radius 2 is 1.80 bits per heavy atom. The van der Waals surface area contributed by atoms with Crippen LogP contribution in [0.5, 0.6) is 11.5 Å². The van der Waals surface area contributed by atoms with Gasteiger partial charge in [-0.3, -0.25) is 4.79 Å². The van der Waals surface area contributed by atoms with Gasteiger partial charge in [0.1, 0.15) is 0 Å². The average Bonchev–Trinajstić information content (AvgIpc) is 2.42. The predicted molar refractivity (Wildman–Crippen MR) is 79.8 cm³/mol. The van der Waals surface area contributed by atoms with E-state index in [1.54, 1.807) is 33.5 Å². The number of benzene rings is 1. The number of carbonyl (C=O) groups is 1. The Hall–Kier alpha value is -1.07. The van der Waals surface area contributed by atoms with Gasteiger partial charge in [-0.25, -0.2) is 0 Å². The van der Waals surface area contributed by atoms with Gasteiger partial charge in [-0.15, -0.1) is 0 Å². The standard InChI is InChI=1S/C15H19BrO4/c1-18-13-7-10(11(16)8-14(13)19-2)12(17)9-15(20-3)5-4-6-15/h7-8H,4-6,9H2,1-3H3. The molecule has 20 heavy (non-hydrogen) atoms. The highest BCUT2D eigenvalue weighted by molar-refractivity contribution is 9.10. The predicted octanol–water partition coefficient (Wildman–Crippen LogP) is 3.61. The summed E-state index contributed by atoms with van der Waals surface area (Å²) in [5, 5.41) is 0. The lowest BCUT2D eigenvalue weighted by atomic mass is 9.76. The summed E-state index contributed by atoms with van der Waals surface area (Å²) in [5.74, 6) is 1.21. The molecule has 0 spiro atoms. The van der Waals surface area contributed by atoms with Gasteiger partial charge in [0.25, 0.3) is 0 Å². The van der Waals surface area contributed by atoms with Crippen LogP contribution >= 0.6 is 15.9 Å². The van der Waals surface area contributed by atoms with E-state index in [1.165, 1.54) is 0 Å². The van der Waals surface area contributed by atoms with Crippen molar-refractivity contribution in [2.45, 2.75) is 31.3 Å². The molecule has 110 valence electrons. The maximum Gasteiger partial charge on any atom is 0.167 e. The fourth-order valence-electron chi connectivity index (χ4n) is 2.48. The molecule has 1 aromatic carbocycles. The maximum atomic E-state index is 12.5. The zero-order valence-corrected chi connectivity index (χ0v) is 13.6. The van der Waals surface area contributed by atoms with Crippen molar-refractivity contribution < 1.29 is 19.0 Å². The van der Waals surface area contributed by atoms with E-state index in [0.29, 0.717) is 28.0 Å². The van der Waals surface area contributed by atoms with Crippen molar-refractivity contribution in [3.8, 4) is 11.5 Å². The van der Waals surface area contributed by atoms with Gasteiger partial charge in [0.2, 0.25) is 0 Å². The number of Topliss-reactive ketones (excluding diaryl/α,β-unsaturated/α-hetero) is 1. The SMILES string of the molecule is COc1cc(Br)c(C(=O)CC2(OC)CCC2)cc1OC. The van der Waals surface area contributed by atoms with Gasteiger partial charge in [0.05, 0.1) is 19.8 Å². The summed E-state index contributed by atoms with van der Waals surface area (Å²) in [6.45, 7) is 0. The van der Waals surface area contributed by atoms with E-state index < -0.39 is 0 Å². The molecule has 1 fully saturated rings. The molecule has 2 rings (SSSR count). The third kappa shape index (κ3) is 2.83. The number of ether oxygens (including phenoxy) is 3. The number of rotatable bonds is 6. The van der Waals surface area contributed by atoms with Crippen molar-refractivity contribution >= 4 is 21.7 Å². The minimum atomic E-state index is -0.274. The second-order valence-electron chi connectivity index (χ2n) is 5.03. The molecule has 0 aromatic heterocycles. The van der Waals surface area contributed by atoms with E-state index in [0.717, 1.165) is 19.3 Å². The number of methoxy groups -OCH3 is 3. The summed E-state index contributed by atoms with van der Waals surface area (Å²) in [6.07, 6.45) is 3.41. The molecule has 0 aliphatic heterocycles. The molecule has 1 saturated carbocycles. The molecule has 1 aliphatic carbocycles. The zero-order valence-electron chi connectivity index (χ0n) is 12.0. The van der Waals surface area contributed by atoms with E-state index in [4.69, 9.17) is 14.2 Å². The second-order valence-corrected chi connectivity index (χ2v) is 5.88. The van der Waals surface area contributed by atoms with Crippen LogP contribution < -0.4 is 9.47 Å². The van der Waals surface area contributed by atoms with Crippen LogP contribution in [0.4, 0.5) is 0 Å². The molecule has 0 saturated heterocycles. The average molecular weight is 343 g/mol. The molecule has 0 unspecified atom stereocenters. The van der Waals surface area contributed by atoms with Crippen LogP contribution in [-0.2, 0) is 4.74 Å². The number of hydrogen-bond donors (Lipinski definition) is 0. The van der Waals surface area contributed by atoms with Crippen molar-refractivity contribution in [1.29, 1.82) is 0 Å². The van der Waals surface area contributed by atoms with Crippen molar-refractivity contribution in [3.05, 3.63) is 22.2 Å². The first-order valence-corrected chi connectivity index (χ1v) is 7.34. The van der Waals surface area contributed by atoms with Crippen LogP contribution in [0.1, 0.15) is 36.0 Å². The topological polar surface area (TPSA) is 44.8 Å². The molecule has 5 heteroatoms. The van der Waals surface area contributed by atoms with Crippen molar-refractivity contribution in [3.63, 3.8) is 0 Å². The van der Waals surface area contributed by atoms with Crippen LogP contribution in [0.3, 0.4) is 0 Å². The lowest BCUT2D eigenvalue weighted by molar-refractivity contribution is -0.0705. The van der Waals surface area contributed by atoms with Gasteiger partial charge in [0.15, 0.2) is 17.3 Å². The Balaban J connectivity index is 2.25.